The molecule has 0 spiro atoms. The maximum Gasteiger partial charge on any atom is 0.162 e. The minimum absolute atomic E-state index is 0.767. The molecule has 0 saturated heterocycles. The van der Waals surface area contributed by atoms with Crippen molar-refractivity contribution in [3.63, 3.8) is 0 Å². The first-order valence-electron chi connectivity index (χ1n) is 7.45. The number of aryl methyl sites for hydroxylation is 1. The van der Waals surface area contributed by atoms with Gasteiger partial charge in [-0.25, -0.2) is 9.97 Å². The second kappa shape index (κ2) is 4.39. The largest absolute Gasteiger partial charge is 0.305 e. The molecule has 5 rings (SSSR count). The van der Waals surface area contributed by atoms with Crippen molar-refractivity contribution in [2.45, 2.75) is 0 Å². The van der Waals surface area contributed by atoms with Crippen LogP contribution in [-0.2, 0) is 7.05 Å². The first kappa shape index (κ1) is 12.3. The van der Waals surface area contributed by atoms with E-state index in [0.29, 0.717) is 0 Å². The van der Waals surface area contributed by atoms with E-state index < -0.39 is 0 Å². The minimum Gasteiger partial charge on any atom is -0.305 e. The molecule has 4 heterocycles. The van der Waals surface area contributed by atoms with E-state index in [4.69, 9.17) is 4.98 Å². The third-order valence-electron chi connectivity index (χ3n) is 4.27. The van der Waals surface area contributed by atoms with Crippen LogP contribution in [0.2, 0.25) is 0 Å². The highest BCUT2D eigenvalue weighted by molar-refractivity contribution is 6.05. The summed E-state index contributed by atoms with van der Waals surface area (Å²) in [5.41, 5.74) is 4.87. The molecule has 0 saturated carbocycles. The SMILES string of the molecule is Cn1[nH]cc2cnc3nc(-c4cccc5ncccc45)cc3c21. The Morgan fingerprint density at radius 2 is 2.00 bits per heavy atom. The molecule has 0 fully saturated rings. The van der Waals surface area contributed by atoms with Gasteiger partial charge in [0.1, 0.15) is 0 Å². The smallest absolute Gasteiger partial charge is 0.162 e. The number of rotatable bonds is 1. The number of hydrogen-bond donors (Lipinski definition) is 1. The van der Waals surface area contributed by atoms with Crippen LogP contribution in [0, 0.1) is 0 Å². The fourth-order valence-corrected chi connectivity index (χ4v) is 3.20. The summed E-state index contributed by atoms with van der Waals surface area (Å²) >= 11 is 0. The number of hydrogen-bond acceptors (Lipinski definition) is 3. The van der Waals surface area contributed by atoms with Crippen molar-refractivity contribution in [2.75, 3.05) is 0 Å². The molecule has 0 atom stereocenters. The summed E-state index contributed by atoms with van der Waals surface area (Å²) in [7, 11) is 2.00. The van der Waals surface area contributed by atoms with E-state index in [1.807, 2.05) is 48.5 Å². The molecule has 4 aromatic heterocycles. The number of nitrogens with zero attached hydrogens (tertiary/aromatic N) is 4. The number of aromatic amines is 1. The first-order chi connectivity index (χ1) is 11.3. The van der Waals surface area contributed by atoms with Gasteiger partial charge >= 0.3 is 0 Å². The van der Waals surface area contributed by atoms with E-state index in [0.717, 1.165) is 44.1 Å². The Balaban J connectivity index is 1.86. The van der Waals surface area contributed by atoms with E-state index >= 15 is 0 Å². The van der Waals surface area contributed by atoms with Gasteiger partial charge in [-0.3, -0.25) is 9.67 Å². The second-order valence-electron chi connectivity index (χ2n) is 5.65. The van der Waals surface area contributed by atoms with Gasteiger partial charge in [-0.2, -0.15) is 0 Å². The average molecular weight is 299 g/mol. The zero-order chi connectivity index (χ0) is 15.4. The molecular formula is C18H13N5. The Labute approximate surface area is 131 Å². The molecular weight excluding hydrogens is 286 g/mol. The Kier molecular flexibility index (Phi) is 2.36. The zero-order valence-electron chi connectivity index (χ0n) is 12.5. The quantitative estimate of drug-likeness (QED) is 0.514. The van der Waals surface area contributed by atoms with E-state index in [1.54, 1.807) is 0 Å². The molecule has 0 unspecified atom stereocenters. The maximum absolute atomic E-state index is 4.74. The Bertz CT molecular complexity index is 1180. The summed E-state index contributed by atoms with van der Waals surface area (Å²) in [6, 6.07) is 12.3. The van der Waals surface area contributed by atoms with Crippen molar-refractivity contribution in [3.8, 4) is 11.3 Å². The lowest BCUT2D eigenvalue weighted by atomic mass is 10.1. The van der Waals surface area contributed by atoms with E-state index in [1.165, 1.54) is 0 Å². The van der Waals surface area contributed by atoms with Crippen molar-refractivity contribution < 1.29 is 0 Å². The van der Waals surface area contributed by atoms with Crippen LogP contribution in [0.1, 0.15) is 0 Å². The summed E-state index contributed by atoms with van der Waals surface area (Å²) < 4.78 is 2.00. The fraction of sp³-hybridized carbons (Fsp3) is 0.0556. The Morgan fingerprint density at radius 3 is 2.96 bits per heavy atom. The molecule has 0 aliphatic rings. The van der Waals surface area contributed by atoms with Crippen LogP contribution < -0.4 is 0 Å². The van der Waals surface area contributed by atoms with Crippen molar-refractivity contribution in [2.24, 2.45) is 7.05 Å². The molecule has 23 heavy (non-hydrogen) atoms. The second-order valence-corrected chi connectivity index (χ2v) is 5.65. The predicted octanol–water partition coefficient (Wildman–Crippen LogP) is 3.66. The number of H-pyrrole nitrogens is 1. The first-order valence-corrected chi connectivity index (χ1v) is 7.45. The lowest BCUT2D eigenvalue weighted by molar-refractivity contribution is 0.799. The van der Waals surface area contributed by atoms with Gasteiger partial charge in [0, 0.05) is 47.4 Å². The molecule has 5 heteroatoms. The summed E-state index contributed by atoms with van der Waals surface area (Å²) in [6.07, 6.45) is 5.62. The van der Waals surface area contributed by atoms with Crippen LogP contribution in [-0.4, -0.2) is 24.7 Å². The van der Waals surface area contributed by atoms with Crippen molar-refractivity contribution in [1.82, 2.24) is 24.7 Å². The summed E-state index contributed by atoms with van der Waals surface area (Å²) in [5, 5.41) is 6.43. The zero-order valence-corrected chi connectivity index (χ0v) is 12.5. The molecule has 0 aliphatic heterocycles. The van der Waals surface area contributed by atoms with Gasteiger partial charge in [0.15, 0.2) is 5.65 Å². The molecule has 5 aromatic rings. The monoisotopic (exact) mass is 299 g/mol. The van der Waals surface area contributed by atoms with Gasteiger partial charge in [0.25, 0.3) is 0 Å². The predicted molar refractivity (Wildman–Crippen MR) is 91.1 cm³/mol. The highest BCUT2D eigenvalue weighted by atomic mass is 15.2. The van der Waals surface area contributed by atoms with Gasteiger partial charge in [-0.15, -0.1) is 0 Å². The number of fused-ring (bicyclic) bond motifs is 4. The van der Waals surface area contributed by atoms with Gasteiger partial charge < -0.3 is 5.10 Å². The minimum atomic E-state index is 0.767. The van der Waals surface area contributed by atoms with E-state index in [2.05, 4.69) is 33.3 Å². The topological polar surface area (TPSA) is 59.4 Å². The summed E-state index contributed by atoms with van der Waals surface area (Å²) in [4.78, 5) is 13.7. The van der Waals surface area contributed by atoms with Gasteiger partial charge in [-0.05, 0) is 18.2 Å². The normalized spacial score (nSPS) is 11.7. The molecule has 1 N–H and O–H groups in total. The summed E-state index contributed by atoms with van der Waals surface area (Å²) in [6.45, 7) is 0. The number of pyridine rings is 2. The molecule has 0 aliphatic carbocycles. The fourth-order valence-electron chi connectivity index (χ4n) is 3.20. The van der Waals surface area contributed by atoms with E-state index in [9.17, 15) is 0 Å². The Morgan fingerprint density at radius 1 is 1.04 bits per heavy atom. The number of benzene rings is 1. The molecule has 0 amide bonds. The lowest BCUT2D eigenvalue weighted by Gasteiger charge is -2.02. The molecule has 110 valence electrons. The van der Waals surface area contributed by atoms with Crippen molar-refractivity contribution in [3.05, 3.63) is 55.0 Å². The average Bonchev–Trinajstić information content (AvgIpc) is 3.17. The van der Waals surface area contributed by atoms with E-state index in [-0.39, 0.29) is 0 Å². The van der Waals surface area contributed by atoms with Crippen molar-refractivity contribution >= 4 is 32.8 Å². The van der Waals surface area contributed by atoms with Crippen molar-refractivity contribution in [1.29, 1.82) is 0 Å². The third kappa shape index (κ3) is 1.70. The van der Waals surface area contributed by atoms with Crippen LogP contribution in [0.15, 0.2) is 55.0 Å². The standard InChI is InChI=1S/C18H13N5/c1-23-17-11(10-21-23)9-20-18-14(17)8-16(22-18)13-4-2-6-15-12(13)5-3-7-19-15/h2-10,21H,1H3. The molecule has 0 radical (unpaired) electrons. The van der Waals surface area contributed by atoms with Crippen LogP contribution in [0.4, 0.5) is 0 Å². The maximum atomic E-state index is 4.74. The van der Waals surface area contributed by atoms with Crippen LogP contribution >= 0.6 is 0 Å². The van der Waals surface area contributed by atoms with Crippen LogP contribution in [0.25, 0.3) is 44.1 Å². The number of aromatic nitrogens is 5. The van der Waals surface area contributed by atoms with Crippen LogP contribution in [0.5, 0.6) is 0 Å². The molecule has 1 aromatic carbocycles. The third-order valence-corrected chi connectivity index (χ3v) is 4.27. The van der Waals surface area contributed by atoms with Gasteiger partial charge in [0.05, 0.1) is 16.7 Å². The molecule has 0 bridgehead atoms. The van der Waals surface area contributed by atoms with Gasteiger partial charge in [-0.1, -0.05) is 18.2 Å². The summed E-state index contributed by atoms with van der Waals surface area (Å²) in [5.74, 6) is 0. The highest BCUT2D eigenvalue weighted by Gasteiger charge is 2.13. The number of nitrogens with one attached hydrogen (secondary N) is 1. The highest BCUT2D eigenvalue weighted by Crippen LogP contribution is 2.31. The lowest BCUT2D eigenvalue weighted by Crippen LogP contribution is -1.89. The Hall–Kier alpha value is -3.21. The van der Waals surface area contributed by atoms with Gasteiger partial charge in [0.2, 0.25) is 0 Å². The molecule has 5 nitrogen and oxygen atoms in total. The van der Waals surface area contributed by atoms with Crippen LogP contribution in [0.3, 0.4) is 0 Å².